The van der Waals surface area contributed by atoms with Gasteiger partial charge in [-0.15, -0.1) is 0 Å². The molecule has 8 nitrogen and oxygen atoms in total. The lowest BCUT2D eigenvalue weighted by atomic mass is 9.95. The quantitative estimate of drug-likeness (QED) is 0.494. The molecule has 5 rings (SSSR count). The number of carboxylic acids is 1. The molecule has 1 aliphatic heterocycles. The molecule has 186 valence electrons. The predicted molar refractivity (Wildman–Crippen MR) is 128 cm³/mol. The van der Waals surface area contributed by atoms with E-state index in [1.165, 1.54) is 4.90 Å². The highest BCUT2D eigenvalue weighted by Crippen LogP contribution is 2.37. The number of hydrogen-bond acceptors (Lipinski definition) is 5. The van der Waals surface area contributed by atoms with E-state index in [0.717, 1.165) is 72.1 Å². The minimum Gasteiger partial charge on any atom is -0.480 e. The van der Waals surface area contributed by atoms with Crippen LogP contribution in [0.4, 0.5) is 4.79 Å². The molecule has 1 amide bonds. The summed E-state index contributed by atoms with van der Waals surface area (Å²) in [5.41, 5.74) is 3.78. The van der Waals surface area contributed by atoms with Gasteiger partial charge in [0.25, 0.3) is 5.69 Å². The molecule has 2 atom stereocenters. The third-order valence-electron chi connectivity index (χ3n) is 7.54. The first-order chi connectivity index (χ1) is 16.9. The molecule has 0 bridgehead atoms. The summed E-state index contributed by atoms with van der Waals surface area (Å²) in [6.45, 7) is 0.802. The smallest absolute Gasteiger partial charge is 0.410 e. The van der Waals surface area contributed by atoms with E-state index in [1.807, 2.05) is 29.2 Å². The molecule has 2 aromatic rings. The van der Waals surface area contributed by atoms with Crippen LogP contribution in [0.3, 0.4) is 0 Å². The Morgan fingerprint density at radius 2 is 1.83 bits per heavy atom. The first-order valence-electron chi connectivity index (χ1n) is 12.4. The van der Waals surface area contributed by atoms with Crippen LogP contribution in [0.5, 0.6) is 0 Å². The van der Waals surface area contributed by atoms with Gasteiger partial charge in [0.2, 0.25) is 6.20 Å². The highest BCUT2D eigenvalue weighted by atomic mass is 35.5. The average molecular weight is 501 g/mol. The number of aromatic nitrogens is 1. The van der Waals surface area contributed by atoms with Crippen LogP contribution in [0.25, 0.3) is 0 Å². The minimum atomic E-state index is -1.06. The third kappa shape index (κ3) is 4.82. The fourth-order valence-electron chi connectivity index (χ4n) is 5.77. The number of carbonyl (C=O) groups excluding carboxylic acids is 1. The summed E-state index contributed by atoms with van der Waals surface area (Å²) in [4.78, 5) is 28.7. The van der Waals surface area contributed by atoms with Gasteiger partial charge < -0.3 is 9.84 Å². The maximum Gasteiger partial charge on any atom is 0.410 e. The van der Waals surface area contributed by atoms with Gasteiger partial charge in [-0.25, -0.2) is 9.59 Å². The number of carbonyl (C=O) groups is 2. The van der Waals surface area contributed by atoms with Crippen molar-refractivity contribution in [3.63, 3.8) is 0 Å². The zero-order valence-electron chi connectivity index (χ0n) is 19.6. The van der Waals surface area contributed by atoms with Crippen LogP contribution in [-0.2, 0) is 22.4 Å². The van der Waals surface area contributed by atoms with Crippen LogP contribution < -0.4 is 4.73 Å². The van der Waals surface area contributed by atoms with Crippen molar-refractivity contribution in [1.82, 2.24) is 9.80 Å². The number of piperazine rings is 1. The number of fused-ring (bicyclic) bond motifs is 2. The van der Waals surface area contributed by atoms with Gasteiger partial charge in [0.05, 0.1) is 0 Å². The second-order valence-corrected chi connectivity index (χ2v) is 10.1. The molecular formula is C26H31ClN3O5+. The molecule has 1 saturated carbocycles. The summed E-state index contributed by atoms with van der Waals surface area (Å²) in [6, 6.07) is 8.12. The van der Waals surface area contributed by atoms with Gasteiger partial charge in [-0.2, -0.15) is 0 Å². The number of benzene rings is 1. The zero-order chi connectivity index (χ0) is 24.5. The van der Waals surface area contributed by atoms with Crippen LogP contribution in [0.15, 0.2) is 36.5 Å². The van der Waals surface area contributed by atoms with Crippen molar-refractivity contribution in [2.45, 2.75) is 63.1 Å². The van der Waals surface area contributed by atoms with E-state index in [0.29, 0.717) is 11.6 Å². The van der Waals surface area contributed by atoms with Crippen LogP contribution in [-0.4, -0.2) is 64.0 Å². The Morgan fingerprint density at radius 1 is 1.06 bits per heavy atom. The monoisotopic (exact) mass is 500 g/mol. The molecule has 2 N–H and O–H groups in total. The summed E-state index contributed by atoms with van der Waals surface area (Å²) in [6.07, 6.45) is 7.27. The van der Waals surface area contributed by atoms with Gasteiger partial charge in [0, 0.05) is 41.0 Å². The summed E-state index contributed by atoms with van der Waals surface area (Å²) >= 11 is 6.30. The second-order valence-electron chi connectivity index (χ2n) is 9.70. The van der Waals surface area contributed by atoms with E-state index in [9.17, 15) is 19.9 Å². The molecular weight excluding hydrogens is 470 g/mol. The van der Waals surface area contributed by atoms with Crippen molar-refractivity contribution in [1.29, 1.82) is 0 Å². The molecule has 0 radical (unpaired) electrons. The Balaban J connectivity index is 1.45. The molecule has 9 heteroatoms. The normalized spacial score (nSPS) is 23.2. The van der Waals surface area contributed by atoms with E-state index >= 15 is 0 Å². The molecule has 2 fully saturated rings. The fraction of sp³-hybridized carbons (Fsp3) is 0.500. The highest BCUT2D eigenvalue weighted by molar-refractivity contribution is 6.30. The Kier molecular flexibility index (Phi) is 6.84. The number of pyridine rings is 1. The topological polar surface area (TPSA) is 94.2 Å². The average Bonchev–Trinajstić information content (AvgIpc) is 3.01. The fourth-order valence-corrected chi connectivity index (χ4v) is 5.97. The molecule has 1 saturated heterocycles. The van der Waals surface area contributed by atoms with Gasteiger partial charge in [-0.3, -0.25) is 15.0 Å². The third-order valence-corrected chi connectivity index (χ3v) is 7.77. The lowest BCUT2D eigenvalue weighted by Gasteiger charge is -2.42. The molecule has 0 spiro atoms. The molecule has 1 aromatic heterocycles. The number of halogens is 1. The van der Waals surface area contributed by atoms with E-state index in [-0.39, 0.29) is 25.2 Å². The van der Waals surface area contributed by atoms with Crippen molar-refractivity contribution >= 4 is 23.7 Å². The van der Waals surface area contributed by atoms with E-state index in [1.54, 1.807) is 12.3 Å². The second kappa shape index (κ2) is 10.0. The number of amides is 1. The number of rotatable bonds is 3. The summed E-state index contributed by atoms with van der Waals surface area (Å²) in [7, 11) is 0. The first kappa shape index (κ1) is 23.9. The predicted octanol–water partition coefficient (Wildman–Crippen LogP) is 3.59. The van der Waals surface area contributed by atoms with E-state index in [2.05, 4.69) is 0 Å². The Morgan fingerprint density at radius 3 is 2.60 bits per heavy atom. The molecule has 3 aliphatic rings. The number of hydrogen-bond donors (Lipinski definition) is 2. The van der Waals surface area contributed by atoms with Crippen molar-refractivity contribution in [2.75, 3.05) is 19.6 Å². The summed E-state index contributed by atoms with van der Waals surface area (Å²) < 4.78 is 6.85. The lowest BCUT2D eigenvalue weighted by Crippen LogP contribution is -2.60. The number of ether oxygens (including phenoxy) is 1. The number of aliphatic carboxylic acids is 1. The lowest BCUT2D eigenvalue weighted by molar-refractivity contribution is -0.911. The maximum absolute atomic E-state index is 13.0. The Hall–Kier alpha value is -2.84. The largest absolute Gasteiger partial charge is 0.480 e. The maximum atomic E-state index is 13.0. The summed E-state index contributed by atoms with van der Waals surface area (Å²) in [5, 5.41) is 21.5. The zero-order valence-corrected chi connectivity index (χ0v) is 20.4. The van der Waals surface area contributed by atoms with Crippen molar-refractivity contribution in [3.05, 3.63) is 63.9 Å². The Labute approximate surface area is 209 Å². The van der Waals surface area contributed by atoms with Crippen molar-refractivity contribution in [3.8, 4) is 0 Å². The number of carboxylic acid groups (broad SMARTS) is 1. The number of aryl methyl sites for hydroxylation is 2. The van der Waals surface area contributed by atoms with E-state index in [4.69, 9.17) is 16.3 Å². The van der Waals surface area contributed by atoms with Gasteiger partial charge in [-0.1, -0.05) is 24.1 Å². The van der Waals surface area contributed by atoms with Gasteiger partial charge in [0.15, 0.2) is 0 Å². The standard InChI is InChI=1S/C26H30ClN3O5/c27-19-10-11-21-18(15-19)9-8-17-5-4-12-30(34)23(17)24(21)28-13-14-29(22(16-28)25(31)32)26(33)35-20-6-2-1-3-7-20/h4-5,10-12,15,20,22,24H,1-3,6-9,13-14,16H2,(H-,31,32,34)/p+1/t22-,24?/m1/s1. The van der Waals surface area contributed by atoms with Crippen molar-refractivity contribution < 1.29 is 29.4 Å². The molecule has 2 aliphatic carbocycles. The van der Waals surface area contributed by atoms with Gasteiger partial charge >= 0.3 is 12.1 Å². The highest BCUT2D eigenvalue weighted by Gasteiger charge is 2.44. The summed E-state index contributed by atoms with van der Waals surface area (Å²) in [5.74, 6) is -1.06. The Bertz CT molecular complexity index is 1120. The molecule has 1 aromatic carbocycles. The van der Waals surface area contributed by atoms with Crippen LogP contribution >= 0.6 is 11.6 Å². The minimum absolute atomic E-state index is 0.121. The molecule has 2 heterocycles. The van der Waals surface area contributed by atoms with E-state index < -0.39 is 18.1 Å². The van der Waals surface area contributed by atoms with Gasteiger partial charge in [0.1, 0.15) is 18.2 Å². The van der Waals surface area contributed by atoms with Crippen LogP contribution in [0.1, 0.15) is 60.5 Å². The van der Waals surface area contributed by atoms with Crippen LogP contribution in [0, 0.1) is 0 Å². The molecule has 1 unspecified atom stereocenters. The molecule has 35 heavy (non-hydrogen) atoms. The van der Waals surface area contributed by atoms with Crippen LogP contribution in [0.2, 0.25) is 5.02 Å². The van der Waals surface area contributed by atoms with Gasteiger partial charge in [-0.05, 0) is 67.9 Å². The first-order valence-corrected chi connectivity index (χ1v) is 12.8. The van der Waals surface area contributed by atoms with Crippen molar-refractivity contribution in [2.24, 2.45) is 0 Å². The SMILES string of the molecule is O=C(O)[C@H]1CN(C2c3ccc(Cl)cc3CCc3ccc[n+](O)c32)CCN1C(=O)OC1CCCCC1. The number of nitrogens with zero attached hydrogens (tertiary/aromatic N) is 3.